The zero-order chi connectivity index (χ0) is 19.3. The summed E-state index contributed by atoms with van der Waals surface area (Å²) in [5, 5.41) is 12.1. The van der Waals surface area contributed by atoms with E-state index in [-0.39, 0.29) is 5.91 Å². The van der Waals surface area contributed by atoms with E-state index in [0.29, 0.717) is 29.9 Å². The quantitative estimate of drug-likeness (QED) is 0.710. The summed E-state index contributed by atoms with van der Waals surface area (Å²) >= 11 is 0. The number of carbonyl (C=O) groups excluding carboxylic acids is 1. The van der Waals surface area contributed by atoms with Crippen molar-refractivity contribution in [2.45, 2.75) is 32.7 Å². The molecule has 2 aromatic rings. The first kappa shape index (κ1) is 19.3. The van der Waals surface area contributed by atoms with Crippen molar-refractivity contribution in [2.24, 2.45) is 0 Å². The fourth-order valence-corrected chi connectivity index (χ4v) is 2.55. The molecule has 0 aliphatic carbocycles. The number of anilines is 2. The van der Waals surface area contributed by atoms with Gasteiger partial charge in [0.05, 0.1) is 0 Å². The molecule has 0 bridgehead atoms. The number of nitrogen functional groups attached to an aromatic ring is 1. The number of carboxylic acid groups (broad SMARTS) is 1. The SMILES string of the molecule is CC(C)(C)N(CCc1ccc(C(=O)Nc2ccc(N)cc2)cc1)C(=O)O. The van der Waals surface area contributed by atoms with E-state index in [1.165, 1.54) is 4.90 Å². The van der Waals surface area contributed by atoms with Crippen LogP contribution in [0.4, 0.5) is 16.2 Å². The molecule has 0 atom stereocenters. The molecule has 0 spiro atoms. The summed E-state index contributed by atoms with van der Waals surface area (Å²) < 4.78 is 0. The Balaban J connectivity index is 1.98. The molecule has 2 amide bonds. The summed E-state index contributed by atoms with van der Waals surface area (Å²) in [5.41, 5.74) is 8.00. The second-order valence-electron chi connectivity index (χ2n) is 7.13. The summed E-state index contributed by atoms with van der Waals surface area (Å²) in [6, 6.07) is 14.1. The van der Waals surface area contributed by atoms with Crippen LogP contribution in [0.2, 0.25) is 0 Å². The van der Waals surface area contributed by atoms with Crippen LogP contribution in [0.3, 0.4) is 0 Å². The number of benzene rings is 2. The zero-order valence-corrected chi connectivity index (χ0v) is 15.3. The molecule has 0 fully saturated rings. The van der Waals surface area contributed by atoms with Crippen molar-refractivity contribution >= 4 is 23.4 Å². The molecule has 2 aromatic carbocycles. The third-order valence-corrected chi connectivity index (χ3v) is 4.05. The lowest BCUT2D eigenvalue weighted by molar-refractivity contribution is 0.101. The average molecular weight is 355 g/mol. The predicted molar refractivity (Wildman–Crippen MR) is 103 cm³/mol. The van der Waals surface area contributed by atoms with Gasteiger partial charge in [-0.05, 0) is 69.2 Å². The third-order valence-electron chi connectivity index (χ3n) is 4.05. The van der Waals surface area contributed by atoms with Crippen molar-refractivity contribution in [1.82, 2.24) is 4.90 Å². The number of amides is 2. The molecule has 6 heteroatoms. The number of rotatable bonds is 5. The molecule has 6 nitrogen and oxygen atoms in total. The third kappa shape index (κ3) is 5.24. The van der Waals surface area contributed by atoms with Gasteiger partial charge in [-0.3, -0.25) is 4.79 Å². The normalized spacial score (nSPS) is 11.0. The summed E-state index contributed by atoms with van der Waals surface area (Å²) in [5.74, 6) is -0.205. The van der Waals surface area contributed by atoms with Gasteiger partial charge in [-0.25, -0.2) is 4.79 Å². The number of nitrogens with one attached hydrogen (secondary N) is 1. The Morgan fingerprint density at radius 3 is 2.12 bits per heavy atom. The minimum absolute atomic E-state index is 0.205. The fourth-order valence-electron chi connectivity index (χ4n) is 2.55. The molecule has 26 heavy (non-hydrogen) atoms. The largest absolute Gasteiger partial charge is 0.465 e. The molecule has 0 radical (unpaired) electrons. The Morgan fingerprint density at radius 1 is 1.04 bits per heavy atom. The predicted octanol–water partition coefficient (Wildman–Crippen LogP) is 3.84. The lowest BCUT2D eigenvalue weighted by atomic mass is 10.0. The molecule has 0 saturated carbocycles. The minimum atomic E-state index is -0.933. The van der Waals surface area contributed by atoms with E-state index < -0.39 is 11.6 Å². The van der Waals surface area contributed by atoms with Crippen LogP contribution in [-0.2, 0) is 6.42 Å². The van der Waals surface area contributed by atoms with Gasteiger partial charge >= 0.3 is 6.09 Å². The molecular weight excluding hydrogens is 330 g/mol. The highest BCUT2D eigenvalue weighted by molar-refractivity contribution is 6.04. The maximum absolute atomic E-state index is 12.3. The number of carbonyl (C=O) groups is 2. The summed E-state index contributed by atoms with van der Waals surface area (Å²) in [4.78, 5) is 25.1. The van der Waals surface area contributed by atoms with Crippen molar-refractivity contribution < 1.29 is 14.7 Å². The van der Waals surface area contributed by atoms with Crippen LogP contribution in [-0.4, -0.2) is 34.1 Å². The van der Waals surface area contributed by atoms with E-state index in [1.54, 1.807) is 36.4 Å². The van der Waals surface area contributed by atoms with E-state index in [4.69, 9.17) is 5.73 Å². The van der Waals surface area contributed by atoms with Gasteiger partial charge in [0, 0.05) is 29.0 Å². The molecule has 0 saturated heterocycles. The standard InChI is InChI=1S/C20H25N3O3/c1-20(2,3)23(19(25)26)13-12-14-4-6-15(7-5-14)18(24)22-17-10-8-16(21)9-11-17/h4-11H,12-13,21H2,1-3H3,(H,22,24)(H,25,26). The van der Waals surface area contributed by atoms with E-state index in [2.05, 4.69) is 5.32 Å². The minimum Gasteiger partial charge on any atom is -0.465 e. The van der Waals surface area contributed by atoms with Crippen LogP contribution >= 0.6 is 0 Å². The van der Waals surface area contributed by atoms with E-state index in [0.717, 1.165) is 5.56 Å². The maximum atomic E-state index is 12.3. The molecular formula is C20H25N3O3. The van der Waals surface area contributed by atoms with Gasteiger partial charge < -0.3 is 21.1 Å². The lowest BCUT2D eigenvalue weighted by Crippen LogP contribution is -2.45. The number of hydrogen-bond acceptors (Lipinski definition) is 3. The molecule has 4 N–H and O–H groups in total. The maximum Gasteiger partial charge on any atom is 0.407 e. The summed E-state index contributed by atoms with van der Waals surface area (Å²) in [6.45, 7) is 6.00. The summed E-state index contributed by atoms with van der Waals surface area (Å²) in [7, 11) is 0. The van der Waals surface area contributed by atoms with Crippen LogP contribution in [0, 0.1) is 0 Å². The van der Waals surface area contributed by atoms with Crippen molar-refractivity contribution in [3.8, 4) is 0 Å². The molecule has 0 unspecified atom stereocenters. The molecule has 0 heterocycles. The van der Waals surface area contributed by atoms with E-state index >= 15 is 0 Å². The molecule has 0 aliphatic heterocycles. The van der Waals surface area contributed by atoms with Gasteiger partial charge in [-0.15, -0.1) is 0 Å². The summed E-state index contributed by atoms with van der Waals surface area (Å²) in [6.07, 6.45) is -0.347. The monoisotopic (exact) mass is 355 g/mol. The van der Waals surface area contributed by atoms with E-state index in [9.17, 15) is 14.7 Å². The molecule has 138 valence electrons. The highest BCUT2D eigenvalue weighted by Crippen LogP contribution is 2.16. The Kier molecular flexibility index (Phi) is 5.87. The Morgan fingerprint density at radius 2 is 1.62 bits per heavy atom. The fraction of sp³-hybridized carbons (Fsp3) is 0.300. The smallest absolute Gasteiger partial charge is 0.407 e. The Labute approximate surface area is 153 Å². The zero-order valence-electron chi connectivity index (χ0n) is 15.3. The molecule has 0 aromatic heterocycles. The second-order valence-corrected chi connectivity index (χ2v) is 7.13. The van der Waals surface area contributed by atoms with Gasteiger partial charge in [-0.1, -0.05) is 12.1 Å². The van der Waals surface area contributed by atoms with Crippen molar-refractivity contribution in [3.05, 3.63) is 59.7 Å². The van der Waals surface area contributed by atoms with Crippen LogP contribution in [0.5, 0.6) is 0 Å². The van der Waals surface area contributed by atoms with Crippen molar-refractivity contribution in [2.75, 3.05) is 17.6 Å². The first-order chi connectivity index (χ1) is 12.2. The van der Waals surface area contributed by atoms with Crippen LogP contribution in [0.1, 0.15) is 36.7 Å². The first-order valence-electron chi connectivity index (χ1n) is 8.43. The second kappa shape index (κ2) is 7.91. The van der Waals surface area contributed by atoms with Gasteiger partial charge in [0.2, 0.25) is 0 Å². The Hall–Kier alpha value is -3.02. The molecule has 2 rings (SSSR count). The Bertz CT molecular complexity index is 762. The highest BCUT2D eigenvalue weighted by Gasteiger charge is 2.25. The van der Waals surface area contributed by atoms with Crippen molar-refractivity contribution in [1.29, 1.82) is 0 Å². The first-order valence-corrected chi connectivity index (χ1v) is 8.43. The van der Waals surface area contributed by atoms with Gasteiger partial charge in [0.1, 0.15) is 0 Å². The van der Waals surface area contributed by atoms with E-state index in [1.807, 2.05) is 32.9 Å². The van der Waals surface area contributed by atoms with Gasteiger partial charge in [-0.2, -0.15) is 0 Å². The van der Waals surface area contributed by atoms with Gasteiger partial charge in [0.25, 0.3) is 5.91 Å². The topological polar surface area (TPSA) is 95.7 Å². The highest BCUT2D eigenvalue weighted by atomic mass is 16.4. The number of nitrogens with zero attached hydrogens (tertiary/aromatic N) is 1. The molecule has 0 aliphatic rings. The van der Waals surface area contributed by atoms with Crippen LogP contribution in [0.15, 0.2) is 48.5 Å². The number of nitrogens with two attached hydrogens (primary N) is 1. The van der Waals surface area contributed by atoms with Crippen molar-refractivity contribution in [3.63, 3.8) is 0 Å². The number of hydrogen-bond donors (Lipinski definition) is 3. The van der Waals surface area contributed by atoms with Crippen LogP contribution < -0.4 is 11.1 Å². The van der Waals surface area contributed by atoms with Gasteiger partial charge in [0.15, 0.2) is 0 Å². The lowest BCUT2D eigenvalue weighted by Gasteiger charge is -2.33. The average Bonchev–Trinajstić information content (AvgIpc) is 2.56. The van der Waals surface area contributed by atoms with Crippen LogP contribution in [0.25, 0.3) is 0 Å².